The normalized spacial score (nSPS) is 10.9. The quantitative estimate of drug-likeness (QED) is 0.262. The van der Waals surface area contributed by atoms with Crippen molar-refractivity contribution in [1.82, 2.24) is 19.5 Å². The molecule has 0 aliphatic heterocycles. The molecule has 6 nitrogen and oxygen atoms in total. The van der Waals surface area contributed by atoms with Crippen molar-refractivity contribution in [3.05, 3.63) is 88.8 Å². The van der Waals surface area contributed by atoms with Gasteiger partial charge < -0.3 is 9.88 Å². The SMILES string of the molecule is Cc1cc(-c2ccncc2Cl)cc(C)c1Sc1nc(Nc2ccc(C#N)cc2)nc2ccn(C)c12. The molecule has 0 aliphatic carbocycles. The van der Waals surface area contributed by atoms with E-state index in [9.17, 15) is 0 Å². The Morgan fingerprint density at radius 1 is 1.03 bits per heavy atom. The van der Waals surface area contributed by atoms with Gasteiger partial charge in [-0.1, -0.05) is 35.5 Å². The lowest BCUT2D eigenvalue weighted by atomic mass is 10.0. The molecule has 35 heavy (non-hydrogen) atoms. The van der Waals surface area contributed by atoms with Crippen molar-refractivity contribution < 1.29 is 0 Å². The van der Waals surface area contributed by atoms with Crippen molar-refractivity contribution in [1.29, 1.82) is 5.26 Å². The number of hydrogen-bond donors (Lipinski definition) is 1. The molecule has 0 saturated heterocycles. The first-order valence-electron chi connectivity index (χ1n) is 10.9. The first kappa shape index (κ1) is 22.9. The summed E-state index contributed by atoms with van der Waals surface area (Å²) in [6.07, 6.45) is 5.41. The van der Waals surface area contributed by atoms with Gasteiger partial charge in [-0.15, -0.1) is 0 Å². The van der Waals surface area contributed by atoms with Gasteiger partial charge in [-0.25, -0.2) is 9.97 Å². The summed E-state index contributed by atoms with van der Waals surface area (Å²) in [7, 11) is 2.00. The zero-order valence-corrected chi connectivity index (χ0v) is 20.9. The van der Waals surface area contributed by atoms with Crippen molar-refractivity contribution in [2.24, 2.45) is 7.05 Å². The summed E-state index contributed by atoms with van der Waals surface area (Å²) in [5, 5.41) is 13.8. The highest BCUT2D eigenvalue weighted by molar-refractivity contribution is 7.99. The van der Waals surface area contributed by atoms with Crippen LogP contribution in [0.5, 0.6) is 0 Å². The van der Waals surface area contributed by atoms with Gasteiger partial charge in [0.2, 0.25) is 5.95 Å². The van der Waals surface area contributed by atoms with Gasteiger partial charge in [0.1, 0.15) is 5.03 Å². The molecule has 0 aliphatic rings. The molecule has 0 saturated carbocycles. The number of rotatable bonds is 5. The third-order valence-electron chi connectivity index (χ3n) is 5.70. The van der Waals surface area contributed by atoms with Crippen LogP contribution in [0.1, 0.15) is 16.7 Å². The van der Waals surface area contributed by atoms with E-state index in [1.54, 1.807) is 36.3 Å². The molecule has 0 atom stereocenters. The summed E-state index contributed by atoms with van der Waals surface area (Å²) in [5.41, 5.74) is 7.56. The molecule has 3 aromatic heterocycles. The summed E-state index contributed by atoms with van der Waals surface area (Å²) in [4.78, 5) is 14.8. The number of aromatic nitrogens is 4. The summed E-state index contributed by atoms with van der Waals surface area (Å²) in [6, 6.07) is 17.6. The van der Waals surface area contributed by atoms with Crippen LogP contribution in [-0.2, 0) is 7.05 Å². The van der Waals surface area contributed by atoms with E-state index in [1.807, 2.05) is 42.1 Å². The number of anilines is 2. The molecule has 5 rings (SSSR count). The number of nitriles is 1. The highest BCUT2D eigenvalue weighted by atomic mass is 35.5. The Bertz CT molecular complexity index is 1580. The topological polar surface area (TPSA) is 79.4 Å². The predicted molar refractivity (Wildman–Crippen MR) is 141 cm³/mol. The Kier molecular flexibility index (Phi) is 6.16. The fourth-order valence-electron chi connectivity index (χ4n) is 4.01. The summed E-state index contributed by atoms with van der Waals surface area (Å²) in [5.74, 6) is 0.506. The Morgan fingerprint density at radius 2 is 1.77 bits per heavy atom. The molecule has 172 valence electrons. The molecule has 0 fully saturated rings. The maximum Gasteiger partial charge on any atom is 0.228 e. The standard InChI is InChI=1S/C27H21ClN6S/c1-16-12-19(21-8-10-30-15-22(21)28)13-17(2)25(16)35-26-24-23(9-11-34(24)3)32-27(33-26)31-20-6-4-18(14-29)5-7-20/h4-13,15H,1-3H3,(H,31,32,33). The minimum absolute atomic E-state index is 0.506. The molecule has 3 heterocycles. The number of aryl methyl sites for hydroxylation is 3. The molecule has 1 N–H and O–H groups in total. The molecule has 5 aromatic rings. The highest BCUT2D eigenvalue weighted by Crippen LogP contribution is 2.39. The lowest BCUT2D eigenvalue weighted by Crippen LogP contribution is -2.01. The van der Waals surface area contributed by atoms with Crippen molar-refractivity contribution in [3.8, 4) is 17.2 Å². The van der Waals surface area contributed by atoms with Crippen molar-refractivity contribution in [3.63, 3.8) is 0 Å². The second kappa shape index (κ2) is 9.41. The minimum Gasteiger partial charge on any atom is -0.347 e. The Morgan fingerprint density at radius 3 is 2.46 bits per heavy atom. The lowest BCUT2D eigenvalue weighted by Gasteiger charge is -2.14. The smallest absolute Gasteiger partial charge is 0.228 e. The summed E-state index contributed by atoms with van der Waals surface area (Å²) < 4.78 is 2.04. The van der Waals surface area contributed by atoms with E-state index < -0.39 is 0 Å². The van der Waals surface area contributed by atoms with E-state index in [4.69, 9.17) is 26.8 Å². The minimum atomic E-state index is 0.506. The molecule has 0 amide bonds. The van der Waals surface area contributed by atoms with Gasteiger partial charge in [0.15, 0.2) is 0 Å². The Hall–Kier alpha value is -3.86. The lowest BCUT2D eigenvalue weighted by molar-refractivity contribution is 0.937. The number of nitrogens with zero attached hydrogens (tertiary/aromatic N) is 5. The fourth-order valence-corrected chi connectivity index (χ4v) is 5.35. The number of halogens is 1. The number of nitrogens with one attached hydrogen (secondary N) is 1. The van der Waals surface area contributed by atoms with Crippen LogP contribution in [0.4, 0.5) is 11.6 Å². The van der Waals surface area contributed by atoms with E-state index >= 15 is 0 Å². The largest absolute Gasteiger partial charge is 0.347 e. The van der Waals surface area contributed by atoms with Gasteiger partial charge in [0.25, 0.3) is 0 Å². The summed E-state index contributed by atoms with van der Waals surface area (Å²) in [6.45, 7) is 4.21. The highest BCUT2D eigenvalue weighted by Gasteiger charge is 2.16. The van der Waals surface area contributed by atoms with E-state index in [0.29, 0.717) is 16.5 Å². The van der Waals surface area contributed by atoms with E-state index in [0.717, 1.165) is 48.9 Å². The van der Waals surface area contributed by atoms with Crippen LogP contribution in [-0.4, -0.2) is 19.5 Å². The van der Waals surface area contributed by atoms with Gasteiger partial charge in [0.05, 0.1) is 27.7 Å². The van der Waals surface area contributed by atoms with Crippen LogP contribution in [0, 0.1) is 25.2 Å². The Labute approximate surface area is 212 Å². The molecular formula is C27H21ClN6S. The van der Waals surface area contributed by atoms with Crippen LogP contribution in [0.15, 0.2) is 77.0 Å². The molecule has 0 spiro atoms. The molecule has 2 aromatic carbocycles. The summed E-state index contributed by atoms with van der Waals surface area (Å²) >= 11 is 8.02. The van der Waals surface area contributed by atoms with Gasteiger partial charge in [-0.05, 0) is 66.9 Å². The van der Waals surface area contributed by atoms with Crippen LogP contribution in [0.3, 0.4) is 0 Å². The maximum absolute atomic E-state index is 9.05. The van der Waals surface area contributed by atoms with E-state index in [2.05, 4.69) is 42.4 Å². The first-order valence-corrected chi connectivity index (χ1v) is 12.1. The second-order valence-electron chi connectivity index (χ2n) is 8.22. The number of fused-ring (bicyclic) bond motifs is 1. The van der Waals surface area contributed by atoms with Gasteiger partial charge >= 0.3 is 0 Å². The first-order chi connectivity index (χ1) is 16.9. The van der Waals surface area contributed by atoms with Crippen LogP contribution in [0.25, 0.3) is 22.2 Å². The third kappa shape index (κ3) is 4.59. The average molecular weight is 497 g/mol. The second-order valence-corrected chi connectivity index (χ2v) is 9.63. The fraction of sp³-hybridized carbons (Fsp3) is 0.111. The van der Waals surface area contributed by atoms with Crippen LogP contribution < -0.4 is 5.32 Å². The molecule has 0 bridgehead atoms. The van der Waals surface area contributed by atoms with E-state index in [-0.39, 0.29) is 0 Å². The maximum atomic E-state index is 9.05. The van der Waals surface area contributed by atoms with Gasteiger partial charge in [-0.2, -0.15) is 5.26 Å². The van der Waals surface area contributed by atoms with Crippen molar-refractivity contribution in [2.45, 2.75) is 23.8 Å². The molecule has 0 unspecified atom stereocenters. The molecular weight excluding hydrogens is 476 g/mol. The number of pyridine rings is 1. The third-order valence-corrected chi connectivity index (χ3v) is 7.33. The van der Waals surface area contributed by atoms with Crippen LogP contribution >= 0.6 is 23.4 Å². The average Bonchev–Trinajstić information content (AvgIpc) is 3.22. The Balaban J connectivity index is 1.53. The van der Waals surface area contributed by atoms with Crippen molar-refractivity contribution in [2.75, 3.05) is 5.32 Å². The van der Waals surface area contributed by atoms with Crippen molar-refractivity contribution >= 4 is 46.0 Å². The van der Waals surface area contributed by atoms with Gasteiger partial charge in [-0.3, -0.25) is 4.98 Å². The molecule has 0 radical (unpaired) electrons. The number of benzene rings is 2. The zero-order valence-electron chi connectivity index (χ0n) is 19.4. The zero-order chi connectivity index (χ0) is 24.5. The van der Waals surface area contributed by atoms with Crippen LogP contribution in [0.2, 0.25) is 5.02 Å². The van der Waals surface area contributed by atoms with Gasteiger partial charge in [0, 0.05) is 41.8 Å². The van der Waals surface area contributed by atoms with E-state index in [1.165, 1.54) is 0 Å². The number of hydrogen-bond acceptors (Lipinski definition) is 6. The monoisotopic (exact) mass is 496 g/mol. The predicted octanol–water partition coefficient (Wildman–Crippen LogP) is 7.07. The molecule has 8 heteroatoms.